The molecule has 0 spiro atoms. The van der Waals surface area contributed by atoms with Gasteiger partial charge in [-0.1, -0.05) is 29.3 Å². The van der Waals surface area contributed by atoms with Crippen molar-refractivity contribution in [2.24, 2.45) is 11.7 Å². The van der Waals surface area contributed by atoms with E-state index in [-0.39, 0.29) is 11.9 Å². The van der Waals surface area contributed by atoms with E-state index in [1.807, 2.05) is 30.0 Å². The van der Waals surface area contributed by atoms with Gasteiger partial charge in [0, 0.05) is 29.2 Å². The number of nitrogens with two attached hydrogens (primary N) is 1. The number of piperidine rings is 1. The van der Waals surface area contributed by atoms with Crippen LogP contribution in [0.2, 0.25) is 0 Å². The van der Waals surface area contributed by atoms with Gasteiger partial charge in [-0.15, -0.1) is 0 Å². The fourth-order valence-corrected chi connectivity index (χ4v) is 3.63. The number of benzene rings is 1. The number of hydrogen-bond acceptors (Lipinski definition) is 2. The van der Waals surface area contributed by atoms with Crippen LogP contribution in [0.5, 0.6) is 0 Å². The maximum atomic E-state index is 12.7. The minimum atomic E-state index is 0.111. The summed E-state index contributed by atoms with van der Waals surface area (Å²) in [7, 11) is 0. The van der Waals surface area contributed by atoms with Crippen molar-refractivity contribution in [3.63, 3.8) is 0 Å². The second-order valence-electron chi connectivity index (χ2n) is 5.70. The molecule has 2 rings (SSSR count). The van der Waals surface area contributed by atoms with E-state index in [4.69, 9.17) is 5.73 Å². The molecule has 110 valence electrons. The van der Waals surface area contributed by atoms with E-state index in [2.05, 4.69) is 22.9 Å². The van der Waals surface area contributed by atoms with Crippen LogP contribution in [0.15, 0.2) is 22.7 Å². The maximum absolute atomic E-state index is 12.7. The molecule has 0 saturated carbocycles. The Morgan fingerprint density at radius 3 is 2.80 bits per heavy atom. The summed E-state index contributed by atoms with van der Waals surface area (Å²) in [5.41, 5.74) is 7.73. The molecule has 1 fully saturated rings. The number of nitrogens with zero attached hydrogens (tertiary/aromatic N) is 1. The zero-order valence-electron chi connectivity index (χ0n) is 12.2. The van der Waals surface area contributed by atoms with Gasteiger partial charge in [0.2, 0.25) is 0 Å². The van der Waals surface area contributed by atoms with Crippen LogP contribution in [0, 0.1) is 12.8 Å². The average molecular weight is 339 g/mol. The number of carbonyl (C=O) groups excluding carboxylic acids is 1. The molecule has 1 amide bonds. The summed E-state index contributed by atoms with van der Waals surface area (Å²) in [6, 6.07) is 6.04. The van der Waals surface area contributed by atoms with Gasteiger partial charge in [0.15, 0.2) is 0 Å². The van der Waals surface area contributed by atoms with Crippen LogP contribution < -0.4 is 5.73 Å². The van der Waals surface area contributed by atoms with Crippen molar-refractivity contribution in [1.82, 2.24) is 4.90 Å². The standard InChI is InChI=1S/C16H23BrN2O/c1-3-12-4-5-19(15(8-12)10-18)16(20)13-6-11(2)7-14(17)9-13/h6-7,9,12,15H,3-5,8,10,18H2,1-2H3. The van der Waals surface area contributed by atoms with Crippen molar-refractivity contribution >= 4 is 21.8 Å². The highest BCUT2D eigenvalue weighted by atomic mass is 79.9. The highest BCUT2D eigenvalue weighted by Gasteiger charge is 2.30. The number of carbonyl (C=O) groups is 1. The van der Waals surface area contributed by atoms with E-state index >= 15 is 0 Å². The second kappa shape index (κ2) is 6.72. The lowest BCUT2D eigenvalue weighted by atomic mass is 9.88. The van der Waals surface area contributed by atoms with E-state index < -0.39 is 0 Å². The van der Waals surface area contributed by atoms with Crippen LogP contribution in [-0.4, -0.2) is 29.9 Å². The zero-order valence-corrected chi connectivity index (χ0v) is 13.8. The van der Waals surface area contributed by atoms with Crippen LogP contribution in [0.3, 0.4) is 0 Å². The molecule has 20 heavy (non-hydrogen) atoms. The summed E-state index contributed by atoms with van der Waals surface area (Å²) in [6.45, 7) is 5.60. The number of rotatable bonds is 3. The molecule has 2 N–H and O–H groups in total. The first-order valence-corrected chi connectivity index (χ1v) is 8.12. The van der Waals surface area contributed by atoms with E-state index in [9.17, 15) is 4.79 Å². The van der Waals surface area contributed by atoms with Crippen LogP contribution in [0.1, 0.15) is 42.1 Å². The topological polar surface area (TPSA) is 46.3 Å². The molecule has 1 aliphatic heterocycles. The molecule has 1 aliphatic rings. The third-order valence-corrected chi connectivity index (χ3v) is 4.68. The lowest BCUT2D eigenvalue weighted by Crippen LogP contribution is -2.49. The van der Waals surface area contributed by atoms with E-state index in [0.717, 1.165) is 35.0 Å². The molecule has 2 atom stereocenters. The van der Waals surface area contributed by atoms with Gasteiger partial charge in [0.25, 0.3) is 5.91 Å². The third-order valence-electron chi connectivity index (χ3n) is 4.22. The van der Waals surface area contributed by atoms with Gasteiger partial charge >= 0.3 is 0 Å². The molecule has 0 aromatic heterocycles. The molecule has 1 aromatic carbocycles. The SMILES string of the molecule is CCC1CCN(C(=O)c2cc(C)cc(Br)c2)C(CN)C1. The van der Waals surface area contributed by atoms with Crippen LogP contribution in [0.4, 0.5) is 0 Å². The Balaban J connectivity index is 2.19. The first kappa shape index (κ1) is 15.5. The van der Waals surface area contributed by atoms with Gasteiger partial charge in [-0.3, -0.25) is 4.79 Å². The minimum Gasteiger partial charge on any atom is -0.334 e. The molecule has 4 heteroatoms. The number of aryl methyl sites for hydroxylation is 1. The number of halogens is 1. The quantitative estimate of drug-likeness (QED) is 0.918. The summed E-state index contributed by atoms with van der Waals surface area (Å²) < 4.78 is 0.952. The van der Waals surface area contributed by atoms with Gasteiger partial charge in [-0.05, 0) is 49.4 Å². The summed E-state index contributed by atoms with van der Waals surface area (Å²) >= 11 is 3.46. The molecule has 0 radical (unpaired) electrons. The smallest absolute Gasteiger partial charge is 0.254 e. The van der Waals surface area contributed by atoms with E-state index in [1.54, 1.807) is 0 Å². The van der Waals surface area contributed by atoms with E-state index in [0.29, 0.717) is 12.5 Å². The van der Waals surface area contributed by atoms with E-state index in [1.165, 1.54) is 6.42 Å². The molecule has 1 saturated heterocycles. The molecular formula is C16H23BrN2O. The lowest BCUT2D eigenvalue weighted by molar-refractivity contribution is 0.0558. The van der Waals surface area contributed by atoms with Crippen molar-refractivity contribution < 1.29 is 4.79 Å². The third kappa shape index (κ3) is 3.41. The van der Waals surface area contributed by atoms with Gasteiger partial charge < -0.3 is 10.6 Å². The first-order valence-electron chi connectivity index (χ1n) is 7.33. The number of hydrogen-bond donors (Lipinski definition) is 1. The van der Waals surface area contributed by atoms with Crippen molar-refractivity contribution in [2.45, 2.75) is 39.2 Å². The largest absolute Gasteiger partial charge is 0.334 e. The molecule has 1 heterocycles. The van der Waals surface area contributed by atoms with Crippen LogP contribution >= 0.6 is 15.9 Å². The van der Waals surface area contributed by atoms with Gasteiger partial charge in [-0.2, -0.15) is 0 Å². The maximum Gasteiger partial charge on any atom is 0.254 e. The fraction of sp³-hybridized carbons (Fsp3) is 0.562. The average Bonchev–Trinajstić information content (AvgIpc) is 2.44. The van der Waals surface area contributed by atoms with Gasteiger partial charge in [-0.25, -0.2) is 0 Å². The molecule has 2 unspecified atom stereocenters. The Morgan fingerprint density at radius 1 is 1.45 bits per heavy atom. The first-order chi connectivity index (χ1) is 9.55. The van der Waals surface area contributed by atoms with Crippen molar-refractivity contribution in [2.75, 3.05) is 13.1 Å². The number of amides is 1. The normalized spacial score (nSPS) is 22.9. The van der Waals surface area contributed by atoms with Gasteiger partial charge in [0.1, 0.15) is 0 Å². The molecule has 0 aliphatic carbocycles. The zero-order chi connectivity index (χ0) is 14.7. The predicted octanol–water partition coefficient (Wildman–Crippen LogP) is 3.35. The molecule has 3 nitrogen and oxygen atoms in total. The molecule has 0 bridgehead atoms. The lowest BCUT2D eigenvalue weighted by Gasteiger charge is -2.39. The highest BCUT2D eigenvalue weighted by molar-refractivity contribution is 9.10. The minimum absolute atomic E-state index is 0.111. The van der Waals surface area contributed by atoms with Crippen LogP contribution in [0.25, 0.3) is 0 Å². The second-order valence-corrected chi connectivity index (χ2v) is 6.62. The Hall–Kier alpha value is -0.870. The summed E-state index contributed by atoms with van der Waals surface area (Å²) in [5, 5.41) is 0. The predicted molar refractivity (Wildman–Crippen MR) is 85.8 cm³/mol. The van der Waals surface area contributed by atoms with Crippen LogP contribution in [-0.2, 0) is 0 Å². The number of likely N-dealkylation sites (tertiary alicyclic amines) is 1. The Labute approximate surface area is 129 Å². The van der Waals surface area contributed by atoms with Crippen molar-refractivity contribution in [3.8, 4) is 0 Å². The monoisotopic (exact) mass is 338 g/mol. The Morgan fingerprint density at radius 2 is 2.20 bits per heavy atom. The van der Waals surface area contributed by atoms with Gasteiger partial charge in [0.05, 0.1) is 0 Å². The van der Waals surface area contributed by atoms with Crippen molar-refractivity contribution in [1.29, 1.82) is 0 Å². The summed E-state index contributed by atoms with van der Waals surface area (Å²) in [4.78, 5) is 14.7. The molecule has 1 aromatic rings. The fourth-order valence-electron chi connectivity index (χ4n) is 3.02. The van der Waals surface area contributed by atoms with Crippen molar-refractivity contribution in [3.05, 3.63) is 33.8 Å². The summed E-state index contributed by atoms with van der Waals surface area (Å²) in [5.74, 6) is 0.816. The Kier molecular flexibility index (Phi) is 5.22. The highest BCUT2D eigenvalue weighted by Crippen LogP contribution is 2.27. The Bertz CT molecular complexity index is 469. The molecular weight excluding hydrogens is 316 g/mol. The summed E-state index contributed by atoms with van der Waals surface area (Å²) in [6.07, 6.45) is 3.30.